The summed E-state index contributed by atoms with van der Waals surface area (Å²) >= 11 is 3.70. The number of carbonyl (C=O) groups excluding carboxylic acids is 1. The minimum Gasteiger partial charge on any atom is -0.383 e. The van der Waals surface area contributed by atoms with Crippen LogP contribution in [0.3, 0.4) is 0 Å². The van der Waals surface area contributed by atoms with Gasteiger partial charge in [-0.2, -0.15) is 5.26 Å². The first kappa shape index (κ1) is 26.6. The number of pyridine rings is 1. The molecule has 2 aromatic carbocycles. The van der Waals surface area contributed by atoms with Gasteiger partial charge in [-0.15, -0.1) is 5.10 Å². The second-order valence-corrected chi connectivity index (χ2v) is 12.0. The van der Waals surface area contributed by atoms with E-state index in [9.17, 15) is 10.1 Å². The van der Waals surface area contributed by atoms with Crippen LogP contribution in [-0.2, 0) is 4.79 Å². The number of aromatic nitrogens is 4. The molecule has 2 heterocycles. The van der Waals surface area contributed by atoms with Crippen LogP contribution < -0.4 is 16.0 Å². The number of halogens is 1. The Bertz CT molecular complexity index is 1580. The molecular weight excluding hydrogens is 556 g/mol. The Morgan fingerprint density at radius 2 is 2.03 bits per heavy atom. The monoisotopic (exact) mass is 586 g/mol. The van der Waals surface area contributed by atoms with Gasteiger partial charge in [0.05, 0.1) is 35.0 Å². The summed E-state index contributed by atoms with van der Waals surface area (Å²) in [5.41, 5.74) is 5.25. The summed E-state index contributed by atoms with van der Waals surface area (Å²) in [6, 6.07) is 14.0. The molecule has 4 aromatic rings. The van der Waals surface area contributed by atoms with E-state index in [0.717, 1.165) is 50.8 Å². The van der Waals surface area contributed by atoms with Gasteiger partial charge in [0.2, 0.25) is 5.91 Å². The molecule has 0 radical (unpaired) electrons. The van der Waals surface area contributed by atoms with Gasteiger partial charge < -0.3 is 16.0 Å². The zero-order valence-corrected chi connectivity index (χ0v) is 24.0. The first-order chi connectivity index (χ1) is 18.6. The van der Waals surface area contributed by atoms with Crippen molar-refractivity contribution < 1.29 is 4.79 Å². The summed E-state index contributed by atoms with van der Waals surface area (Å²) in [6.07, 6.45) is 5.81. The third-order valence-corrected chi connectivity index (χ3v) is 7.04. The van der Waals surface area contributed by atoms with Gasteiger partial charge in [0.25, 0.3) is 0 Å². The number of hydrogen-bond donors (Lipinski definition) is 3. The quantitative estimate of drug-likeness (QED) is 0.218. The van der Waals surface area contributed by atoms with Crippen molar-refractivity contribution in [2.45, 2.75) is 52.6 Å². The lowest BCUT2D eigenvalue weighted by atomic mass is 9.96. The van der Waals surface area contributed by atoms with E-state index in [1.165, 1.54) is 6.92 Å². The van der Waals surface area contributed by atoms with Crippen molar-refractivity contribution >= 4 is 49.8 Å². The lowest BCUT2D eigenvalue weighted by Gasteiger charge is -2.22. The molecular formula is C29H31BrN8O. The Balaban J connectivity index is 1.58. The van der Waals surface area contributed by atoms with Crippen LogP contribution in [0.5, 0.6) is 0 Å². The number of rotatable bonds is 8. The highest BCUT2D eigenvalue weighted by Gasteiger charge is 2.27. The number of anilines is 3. The Kier molecular flexibility index (Phi) is 7.28. The molecule has 1 saturated carbocycles. The van der Waals surface area contributed by atoms with Gasteiger partial charge in [-0.1, -0.05) is 38.1 Å². The van der Waals surface area contributed by atoms with Gasteiger partial charge >= 0.3 is 0 Å². The van der Waals surface area contributed by atoms with Crippen molar-refractivity contribution in [2.24, 2.45) is 5.41 Å². The predicted molar refractivity (Wildman–Crippen MR) is 157 cm³/mol. The molecule has 10 heteroatoms. The van der Waals surface area contributed by atoms with E-state index in [1.54, 1.807) is 6.20 Å². The molecule has 0 aliphatic heterocycles. The number of fused-ring (bicyclic) bond motifs is 1. The van der Waals surface area contributed by atoms with Crippen LogP contribution in [0.4, 0.5) is 17.1 Å². The molecule has 1 aliphatic carbocycles. The zero-order chi connectivity index (χ0) is 27.7. The number of nitriles is 1. The van der Waals surface area contributed by atoms with Crippen LogP contribution >= 0.6 is 15.9 Å². The van der Waals surface area contributed by atoms with E-state index in [2.05, 4.69) is 74.0 Å². The van der Waals surface area contributed by atoms with Gasteiger partial charge in [-0.05, 0) is 64.0 Å². The van der Waals surface area contributed by atoms with Crippen LogP contribution in [-0.4, -0.2) is 32.4 Å². The van der Waals surface area contributed by atoms with Crippen molar-refractivity contribution in [1.29, 1.82) is 5.26 Å². The highest BCUT2D eigenvalue weighted by atomic mass is 79.9. The third-order valence-electron chi connectivity index (χ3n) is 6.44. The molecule has 1 amide bonds. The average Bonchev–Trinajstić information content (AvgIpc) is 3.62. The van der Waals surface area contributed by atoms with Crippen molar-refractivity contribution in [3.8, 4) is 6.07 Å². The van der Waals surface area contributed by atoms with E-state index < -0.39 is 0 Å². The van der Waals surface area contributed by atoms with Gasteiger partial charge in [0.15, 0.2) is 0 Å². The predicted octanol–water partition coefficient (Wildman–Crippen LogP) is 6.41. The number of amides is 1. The van der Waals surface area contributed by atoms with Crippen molar-refractivity contribution in [3.05, 3.63) is 70.1 Å². The van der Waals surface area contributed by atoms with E-state index in [0.29, 0.717) is 23.8 Å². The number of carbonyl (C=O) groups is 1. The summed E-state index contributed by atoms with van der Waals surface area (Å²) in [5.74, 6) is -0.133. The number of nitrogens with one attached hydrogen (secondary N) is 3. The molecule has 5 rings (SSSR count). The first-order valence-electron chi connectivity index (χ1n) is 12.9. The Labute approximate surface area is 236 Å². The van der Waals surface area contributed by atoms with Gasteiger partial charge in [0, 0.05) is 40.9 Å². The molecule has 1 atom stereocenters. The van der Waals surface area contributed by atoms with Crippen molar-refractivity contribution in [3.63, 3.8) is 0 Å². The molecule has 9 nitrogen and oxygen atoms in total. The smallest absolute Gasteiger partial charge is 0.221 e. The van der Waals surface area contributed by atoms with Gasteiger partial charge in [0.1, 0.15) is 11.8 Å². The number of hydrogen-bond acceptors (Lipinski definition) is 7. The summed E-state index contributed by atoms with van der Waals surface area (Å²) in [4.78, 5) is 16.3. The first-order valence-corrected chi connectivity index (χ1v) is 13.7. The SMILES string of the molecule is CC(=O)Nc1cccc(C(Nc2cc(Br)c3ncc(C#N)c(NCC(C)(C)C)c3c2)c2cn(C3CC3)nn2)c1. The summed E-state index contributed by atoms with van der Waals surface area (Å²) in [6.45, 7) is 8.62. The van der Waals surface area contributed by atoms with E-state index in [-0.39, 0.29) is 17.4 Å². The molecule has 39 heavy (non-hydrogen) atoms. The topological polar surface area (TPSA) is 121 Å². The zero-order valence-electron chi connectivity index (χ0n) is 22.4. The normalized spacial score (nSPS) is 14.1. The van der Waals surface area contributed by atoms with E-state index in [1.807, 2.05) is 47.3 Å². The summed E-state index contributed by atoms with van der Waals surface area (Å²) < 4.78 is 2.73. The Hall–Kier alpha value is -3.97. The fourth-order valence-electron chi connectivity index (χ4n) is 4.41. The Morgan fingerprint density at radius 1 is 1.23 bits per heavy atom. The van der Waals surface area contributed by atoms with E-state index in [4.69, 9.17) is 0 Å². The molecule has 200 valence electrons. The maximum absolute atomic E-state index is 11.7. The minimum absolute atomic E-state index is 0.0206. The molecule has 1 fully saturated rings. The van der Waals surface area contributed by atoms with Crippen LogP contribution in [0.25, 0.3) is 10.9 Å². The number of benzene rings is 2. The van der Waals surface area contributed by atoms with Crippen LogP contribution in [0.15, 0.2) is 53.3 Å². The maximum atomic E-state index is 11.7. The van der Waals surface area contributed by atoms with Gasteiger partial charge in [-0.3, -0.25) is 9.78 Å². The molecule has 0 spiro atoms. The Morgan fingerprint density at radius 3 is 2.72 bits per heavy atom. The van der Waals surface area contributed by atoms with Gasteiger partial charge in [-0.25, -0.2) is 4.68 Å². The van der Waals surface area contributed by atoms with Crippen molar-refractivity contribution in [2.75, 3.05) is 22.5 Å². The molecule has 0 saturated heterocycles. The molecule has 1 aliphatic rings. The van der Waals surface area contributed by atoms with E-state index >= 15 is 0 Å². The number of nitrogens with zero attached hydrogens (tertiary/aromatic N) is 5. The third kappa shape index (κ3) is 6.20. The maximum Gasteiger partial charge on any atom is 0.221 e. The highest BCUT2D eigenvalue weighted by Crippen LogP contribution is 2.38. The summed E-state index contributed by atoms with van der Waals surface area (Å²) in [5, 5.41) is 29.5. The van der Waals surface area contributed by atoms with Crippen molar-refractivity contribution in [1.82, 2.24) is 20.0 Å². The molecule has 1 unspecified atom stereocenters. The lowest BCUT2D eigenvalue weighted by molar-refractivity contribution is -0.114. The largest absolute Gasteiger partial charge is 0.383 e. The fourth-order valence-corrected chi connectivity index (χ4v) is 4.97. The highest BCUT2D eigenvalue weighted by molar-refractivity contribution is 9.10. The summed E-state index contributed by atoms with van der Waals surface area (Å²) in [7, 11) is 0. The van der Waals surface area contributed by atoms with Crippen LogP contribution in [0, 0.1) is 16.7 Å². The average molecular weight is 588 g/mol. The minimum atomic E-state index is -0.339. The lowest BCUT2D eigenvalue weighted by Crippen LogP contribution is -2.20. The fraction of sp³-hybridized carbons (Fsp3) is 0.345. The van der Waals surface area contributed by atoms with Crippen LogP contribution in [0.1, 0.15) is 69.4 Å². The standard InChI is InChI=1S/C29H31BrN8O/c1-17(39)34-20-7-5-6-18(10-20)27(25-15-38(37-36-25)22-8-9-22)35-21-11-23-26(33-16-29(2,3)4)19(13-31)14-32-28(23)24(30)12-21/h5-7,10-12,14-15,22,27,35H,8-9,16H2,1-4H3,(H,32,33)(H,34,39). The molecule has 2 aromatic heterocycles. The second kappa shape index (κ2) is 10.7. The molecule has 3 N–H and O–H groups in total. The van der Waals surface area contributed by atoms with Crippen LogP contribution in [0.2, 0.25) is 0 Å². The second-order valence-electron chi connectivity index (χ2n) is 11.2. The molecule has 0 bridgehead atoms.